The molecule has 0 spiro atoms. The predicted octanol–water partition coefficient (Wildman–Crippen LogP) is 2.95. The minimum absolute atomic E-state index is 0.581. The molecule has 0 aliphatic carbocycles. The first-order valence-corrected chi connectivity index (χ1v) is 7.86. The van der Waals surface area contributed by atoms with Crippen molar-refractivity contribution in [3.63, 3.8) is 0 Å². The molecule has 1 fully saturated rings. The Balaban J connectivity index is 1.71. The van der Waals surface area contributed by atoms with Crippen molar-refractivity contribution in [3.8, 4) is 0 Å². The zero-order valence-electron chi connectivity index (χ0n) is 13.0. The Hall–Kier alpha value is -1.68. The van der Waals surface area contributed by atoms with Crippen LogP contribution in [0.25, 0.3) is 0 Å². The topological polar surface area (TPSA) is 34.0 Å². The summed E-state index contributed by atoms with van der Waals surface area (Å²) in [4.78, 5) is 6.83. The summed E-state index contributed by atoms with van der Waals surface area (Å²) in [6.45, 7) is 7.39. The molecular formula is C17H24N4. The van der Waals surface area contributed by atoms with Crippen LogP contribution in [0.3, 0.4) is 0 Å². The van der Waals surface area contributed by atoms with Gasteiger partial charge in [0.1, 0.15) is 0 Å². The molecule has 1 aliphatic rings. The van der Waals surface area contributed by atoms with E-state index < -0.39 is 0 Å². The van der Waals surface area contributed by atoms with Gasteiger partial charge in [0.25, 0.3) is 0 Å². The summed E-state index contributed by atoms with van der Waals surface area (Å²) in [6, 6.07) is 6.93. The molecule has 4 heteroatoms. The second-order valence-corrected chi connectivity index (χ2v) is 6.09. The lowest BCUT2D eigenvalue weighted by Crippen LogP contribution is -2.41. The third kappa shape index (κ3) is 3.50. The van der Waals surface area contributed by atoms with Crippen molar-refractivity contribution >= 4 is 0 Å². The SMILES string of the molecule is Cc1cc(C)n(C[C@H]2CCCCN2Cc2cccnc2)n1. The molecule has 0 radical (unpaired) electrons. The lowest BCUT2D eigenvalue weighted by molar-refractivity contribution is 0.121. The van der Waals surface area contributed by atoms with Gasteiger partial charge in [0.05, 0.1) is 12.2 Å². The van der Waals surface area contributed by atoms with Gasteiger partial charge in [-0.2, -0.15) is 5.10 Å². The zero-order valence-corrected chi connectivity index (χ0v) is 13.0. The first-order chi connectivity index (χ1) is 10.2. The minimum Gasteiger partial charge on any atom is -0.294 e. The number of aromatic nitrogens is 3. The van der Waals surface area contributed by atoms with Crippen molar-refractivity contribution in [1.29, 1.82) is 0 Å². The van der Waals surface area contributed by atoms with Crippen molar-refractivity contribution in [2.45, 2.75) is 52.2 Å². The molecule has 0 amide bonds. The van der Waals surface area contributed by atoms with Crippen LogP contribution < -0.4 is 0 Å². The molecule has 1 saturated heterocycles. The van der Waals surface area contributed by atoms with Crippen LogP contribution in [-0.4, -0.2) is 32.3 Å². The lowest BCUT2D eigenvalue weighted by Gasteiger charge is -2.35. The highest BCUT2D eigenvalue weighted by Gasteiger charge is 2.23. The summed E-state index contributed by atoms with van der Waals surface area (Å²) in [6.07, 6.45) is 7.71. The molecule has 0 saturated carbocycles. The molecule has 0 N–H and O–H groups in total. The van der Waals surface area contributed by atoms with E-state index in [4.69, 9.17) is 0 Å². The summed E-state index contributed by atoms with van der Waals surface area (Å²) in [5.41, 5.74) is 3.68. The molecule has 21 heavy (non-hydrogen) atoms. The van der Waals surface area contributed by atoms with Crippen LogP contribution in [0.15, 0.2) is 30.6 Å². The third-order valence-electron chi connectivity index (χ3n) is 4.34. The standard InChI is InChI=1S/C17H24N4/c1-14-10-15(2)21(19-14)13-17-7-3-4-9-20(17)12-16-6-5-8-18-11-16/h5-6,8,10-11,17H,3-4,7,9,12-13H2,1-2H3/t17-/m1/s1. The summed E-state index contributed by atoms with van der Waals surface area (Å²) in [5.74, 6) is 0. The molecule has 0 unspecified atom stereocenters. The molecular weight excluding hydrogens is 260 g/mol. The van der Waals surface area contributed by atoms with Crippen molar-refractivity contribution in [1.82, 2.24) is 19.7 Å². The van der Waals surface area contributed by atoms with Crippen molar-refractivity contribution in [2.24, 2.45) is 0 Å². The number of hydrogen-bond acceptors (Lipinski definition) is 3. The maximum Gasteiger partial charge on any atom is 0.0596 e. The Bertz CT molecular complexity index is 576. The molecule has 2 aromatic heterocycles. The highest BCUT2D eigenvalue weighted by atomic mass is 15.3. The van der Waals surface area contributed by atoms with E-state index in [1.165, 1.54) is 37.1 Å². The van der Waals surface area contributed by atoms with Gasteiger partial charge < -0.3 is 0 Å². The van der Waals surface area contributed by atoms with E-state index in [1.54, 1.807) is 0 Å². The maximum absolute atomic E-state index is 4.62. The summed E-state index contributed by atoms with van der Waals surface area (Å²) in [7, 11) is 0. The summed E-state index contributed by atoms with van der Waals surface area (Å²) < 4.78 is 2.17. The fourth-order valence-electron chi connectivity index (χ4n) is 3.26. The fraction of sp³-hybridized carbons (Fsp3) is 0.529. The lowest BCUT2D eigenvalue weighted by atomic mass is 10.0. The average molecular weight is 284 g/mol. The van der Waals surface area contributed by atoms with Crippen LogP contribution >= 0.6 is 0 Å². The molecule has 1 atom stereocenters. The maximum atomic E-state index is 4.62. The monoisotopic (exact) mass is 284 g/mol. The van der Waals surface area contributed by atoms with E-state index in [0.29, 0.717) is 6.04 Å². The number of nitrogens with zero attached hydrogens (tertiary/aromatic N) is 4. The van der Waals surface area contributed by atoms with Gasteiger partial charge in [-0.05, 0) is 50.9 Å². The Morgan fingerprint density at radius 2 is 2.19 bits per heavy atom. The predicted molar refractivity (Wildman–Crippen MR) is 84.0 cm³/mol. The van der Waals surface area contributed by atoms with Gasteiger partial charge in [0, 0.05) is 30.7 Å². The molecule has 4 nitrogen and oxygen atoms in total. The number of aryl methyl sites for hydroxylation is 2. The van der Waals surface area contributed by atoms with E-state index in [-0.39, 0.29) is 0 Å². The Labute approximate surface area is 126 Å². The van der Waals surface area contributed by atoms with Crippen molar-refractivity contribution < 1.29 is 0 Å². The quantitative estimate of drug-likeness (QED) is 0.865. The number of likely N-dealkylation sites (tertiary alicyclic amines) is 1. The molecule has 3 rings (SSSR count). The third-order valence-corrected chi connectivity index (χ3v) is 4.34. The van der Waals surface area contributed by atoms with E-state index in [0.717, 1.165) is 18.8 Å². The minimum atomic E-state index is 0.581. The van der Waals surface area contributed by atoms with Crippen LogP contribution in [0.4, 0.5) is 0 Å². The van der Waals surface area contributed by atoms with Gasteiger partial charge >= 0.3 is 0 Å². The van der Waals surface area contributed by atoms with Crippen molar-refractivity contribution in [3.05, 3.63) is 47.5 Å². The van der Waals surface area contributed by atoms with Gasteiger partial charge in [-0.1, -0.05) is 12.5 Å². The number of rotatable bonds is 4. The molecule has 3 heterocycles. The zero-order chi connectivity index (χ0) is 14.7. The van der Waals surface area contributed by atoms with Crippen LogP contribution in [0.5, 0.6) is 0 Å². The number of piperidine rings is 1. The summed E-state index contributed by atoms with van der Waals surface area (Å²) >= 11 is 0. The first-order valence-electron chi connectivity index (χ1n) is 7.86. The van der Waals surface area contributed by atoms with Gasteiger partial charge in [-0.15, -0.1) is 0 Å². The number of hydrogen-bond donors (Lipinski definition) is 0. The van der Waals surface area contributed by atoms with Gasteiger partial charge in [-0.25, -0.2) is 0 Å². The van der Waals surface area contributed by atoms with E-state index in [1.807, 2.05) is 18.5 Å². The van der Waals surface area contributed by atoms with E-state index in [9.17, 15) is 0 Å². The van der Waals surface area contributed by atoms with Crippen LogP contribution in [0, 0.1) is 13.8 Å². The Morgan fingerprint density at radius 3 is 2.90 bits per heavy atom. The second-order valence-electron chi connectivity index (χ2n) is 6.09. The van der Waals surface area contributed by atoms with Crippen LogP contribution in [-0.2, 0) is 13.1 Å². The normalized spacial score (nSPS) is 19.8. The van der Waals surface area contributed by atoms with Gasteiger partial charge in [0.15, 0.2) is 0 Å². The average Bonchev–Trinajstić information content (AvgIpc) is 2.80. The van der Waals surface area contributed by atoms with E-state index >= 15 is 0 Å². The summed E-state index contributed by atoms with van der Waals surface area (Å²) in [5, 5.41) is 4.62. The molecule has 1 aliphatic heterocycles. The highest BCUT2D eigenvalue weighted by Crippen LogP contribution is 2.21. The smallest absolute Gasteiger partial charge is 0.0596 e. The van der Waals surface area contributed by atoms with Gasteiger partial charge in [-0.3, -0.25) is 14.6 Å². The molecule has 0 aromatic carbocycles. The highest BCUT2D eigenvalue weighted by molar-refractivity contribution is 5.09. The van der Waals surface area contributed by atoms with Crippen LogP contribution in [0.2, 0.25) is 0 Å². The Kier molecular flexibility index (Phi) is 4.34. The Morgan fingerprint density at radius 1 is 1.29 bits per heavy atom. The largest absolute Gasteiger partial charge is 0.294 e. The molecule has 112 valence electrons. The first kappa shape index (κ1) is 14.3. The van der Waals surface area contributed by atoms with Gasteiger partial charge in [0.2, 0.25) is 0 Å². The molecule has 2 aromatic rings. The second kappa shape index (κ2) is 6.39. The van der Waals surface area contributed by atoms with Crippen LogP contribution in [0.1, 0.15) is 36.2 Å². The molecule has 0 bridgehead atoms. The number of pyridine rings is 1. The van der Waals surface area contributed by atoms with Crippen molar-refractivity contribution in [2.75, 3.05) is 6.54 Å². The fourth-order valence-corrected chi connectivity index (χ4v) is 3.26. The van der Waals surface area contributed by atoms with E-state index in [2.05, 4.69) is 45.6 Å².